The normalized spacial score (nSPS) is 14.0. The Morgan fingerprint density at radius 2 is 0.818 bits per heavy atom. The summed E-state index contributed by atoms with van der Waals surface area (Å²) in [5.41, 5.74) is 0. The van der Waals surface area contributed by atoms with Gasteiger partial charge in [0, 0.05) is 0 Å². The zero-order valence-corrected chi connectivity index (χ0v) is 29.7. The van der Waals surface area contributed by atoms with Gasteiger partial charge in [-0.25, -0.2) is 0 Å². The summed E-state index contributed by atoms with van der Waals surface area (Å²) in [5, 5.41) is 23.4. The molecule has 0 spiro atoms. The van der Waals surface area contributed by atoms with Crippen molar-refractivity contribution in [3.05, 3.63) is 0 Å². The Bertz CT molecular complexity index is 732. The minimum Gasteiger partial charge on any atom is -0.391 e. The molecule has 0 aromatic rings. The van der Waals surface area contributed by atoms with E-state index >= 15 is 0 Å². The molecule has 0 aliphatic heterocycles. The van der Waals surface area contributed by atoms with Crippen molar-refractivity contribution in [3.8, 4) is 0 Å². The Labute approximate surface area is 272 Å². The van der Waals surface area contributed by atoms with Crippen LogP contribution in [0.3, 0.4) is 0 Å². The van der Waals surface area contributed by atoms with Gasteiger partial charge in [-0.2, -0.15) is 8.42 Å². The zero-order valence-electron chi connectivity index (χ0n) is 28.9. The molecule has 0 heterocycles. The van der Waals surface area contributed by atoms with E-state index < -0.39 is 40.0 Å². The van der Waals surface area contributed by atoms with E-state index in [0.29, 0.717) is 12.8 Å². The predicted molar refractivity (Wildman–Crippen MR) is 186 cm³/mol. The smallest absolute Gasteiger partial charge is 0.266 e. The van der Waals surface area contributed by atoms with E-state index in [1.807, 2.05) is 0 Å². The number of nitrogens with one attached hydrogen (secondary N) is 1. The SMILES string of the molecule is CCCCCCCCCCCCCCCCCCCC(O)C(CS(=O)(=O)O)NC(=O)C(O)CCCCCCCCCCCC. The molecule has 7 nitrogen and oxygen atoms in total. The fourth-order valence-electron chi connectivity index (χ4n) is 5.99. The summed E-state index contributed by atoms with van der Waals surface area (Å²) in [4.78, 5) is 12.5. The van der Waals surface area contributed by atoms with Gasteiger partial charge in [0.25, 0.3) is 10.1 Å². The Morgan fingerprint density at radius 1 is 0.523 bits per heavy atom. The lowest BCUT2D eigenvalue weighted by atomic mass is 10.0. The van der Waals surface area contributed by atoms with E-state index in [1.165, 1.54) is 122 Å². The van der Waals surface area contributed by atoms with Gasteiger partial charge < -0.3 is 15.5 Å². The molecule has 3 atom stereocenters. The van der Waals surface area contributed by atoms with Crippen molar-refractivity contribution in [1.29, 1.82) is 0 Å². The van der Waals surface area contributed by atoms with Crippen LogP contribution in [0.4, 0.5) is 0 Å². The Kier molecular flexibility index (Phi) is 30.4. The van der Waals surface area contributed by atoms with Crippen LogP contribution >= 0.6 is 0 Å². The summed E-state index contributed by atoms with van der Waals surface area (Å²) in [5.74, 6) is -1.44. The van der Waals surface area contributed by atoms with E-state index in [-0.39, 0.29) is 0 Å². The minimum atomic E-state index is -4.40. The lowest BCUT2D eigenvalue weighted by molar-refractivity contribution is -0.131. The fourth-order valence-corrected chi connectivity index (χ4v) is 6.75. The highest BCUT2D eigenvalue weighted by Crippen LogP contribution is 2.16. The molecule has 0 rings (SSSR count). The Morgan fingerprint density at radius 3 is 1.14 bits per heavy atom. The van der Waals surface area contributed by atoms with Gasteiger partial charge >= 0.3 is 0 Å². The number of aliphatic hydroxyl groups excluding tert-OH is 2. The predicted octanol–water partition coefficient (Wildman–Crippen LogP) is 9.43. The Hall–Kier alpha value is -0.700. The number of rotatable bonds is 34. The largest absolute Gasteiger partial charge is 0.391 e. The van der Waals surface area contributed by atoms with Crippen LogP contribution in [-0.4, -0.2) is 53.1 Å². The topological polar surface area (TPSA) is 124 Å². The van der Waals surface area contributed by atoms with E-state index in [9.17, 15) is 28.0 Å². The van der Waals surface area contributed by atoms with Gasteiger partial charge in [-0.05, 0) is 12.8 Å². The quantitative estimate of drug-likeness (QED) is 0.0407. The molecule has 8 heteroatoms. The summed E-state index contributed by atoms with van der Waals surface area (Å²) in [6, 6.07) is -1.14. The van der Waals surface area contributed by atoms with Crippen molar-refractivity contribution in [1.82, 2.24) is 5.32 Å². The minimum absolute atomic E-state index is 0.302. The van der Waals surface area contributed by atoms with Crippen molar-refractivity contribution in [2.75, 3.05) is 5.75 Å². The number of hydrogen-bond donors (Lipinski definition) is 4. The van der Waals surface area contributed by atoms with Crippen LogP contribution in [0.1, 0.15) is 200 Å². The summed E-state index contributed by atoms with van der Waals surface area (Å²) in [7, 11) is -4.40. The van der Waals surface area contributed by atoms with Gasteiger partial charge in [-0.3, -0.25) is 9.35 Å². The molecule has 0 aliphatic rings. The molecule has 4 N–H and O–H groups in total. The second kappa shape index (κ2) is 30.9. The van der Waals surface area contributed by atoms with Gasteiger partial charge in [-0.15, -0.1) is 0 Å². The third-order valence-electron chi connectivity index (χ3n) is 8.92. The van der Waals surface area contributed by atoms with Crippen LogP contribution in [0, 0.1) is 0 Å². The highest BCUT2D eigenvalue weighted by Gasteiger charge is 2.28. The maximum Gasteiger partial charge on any atom is 0.266 e. The van der Waals surface area contributed by atoms with Crippen LogP contribution in [-0.2, 0) is 14.9 Å². The average molecular weight is 648 g/mol. The molecule has 44 heavy (non-hydrogen) atoms. The van der Waals surface area contributed by atoms with Crippen molar-refractivity contribution in [2.45, 2.75) is 218 Å². The molecular weight excluding hydrogens is 574 g/mol. The molecule has 0 aromatic carbocycles. The van der Waals surface area contributed by atoms with Gasteiger partial charge in [-0.1, -0.05) is 187 Å². The molecule has 0 aromatic heterocycles. The van der Waals surface area contributed by atoms with Crippen LogP contribution in [0.5, 0.6) is 0 Å². The maximum absolute atomic E-state index is 12.5. The molecule has 3 unspecified atom stereocenters. The first-order valence-corrected chi connectivity index (χ1v) is 20.4. The maximum atomic E-state index is 12.5. The second-order valence-corrected chi connectivity index (χ2v) is 14.9. The number of carbonyl (C=O) groups excluding carboxylic acids is 1. The van der Waals surface area contributed by atoms with Crippen LogP contribution < -0.4 is 5.32 Å². The van der Waals surface area contributed by atoms with Crippen LogP contribution in [0.25, 0.3) is 0 Å². The first-order valence-electron chi connectivity index (χ1n) is 18.8. The molecular formula is C36H73NO6S. The monoisotopic (exact) mass is 648 g/mol. The van der Waals surface area contributed by atoms with Gasteiger partial charge in [0.1, 0.15) is 6.10 Å². The average Bonchev–Trinajstić information content (AvgIpc) is 2.98. The highest BCUT2D eigenvalue weighted by atomic mass is 32.2. The van der Waals surface area contributed by atoms with Crippen LogP contribution in [0.2, 0.25) is 0 Å². The summed E-state index contributed by atoms with van der Waals surface area (Å²) in [6.07, 6.45) is 31.2. The number of hydrogen-bond acceptors (Lipinski definition) is 5. The molecule has 264 valence electrons. The lowest BCUT2D eigenvalue weighted by Gasteiger charge is -2.24. The summed E-state index contributed by atoms with van der Waals surface area (Å²) >= 11 is 0. The molecule has 0 bridgehead atoms. The zero-order chi connectivity index (χ0) is 32.7. The van der Waals surface area contributed by atoms with Crippen molar-refractivity contribution in [2.24, 2.45) is 0 Å². The lowest BCUT2D eigenvalue weighted by Crippen LogP contribution is -2.50. The third kappa shape index (κ3) is 30.0. The first kappa shape index (κ1) is 43.3. The van der Waals surface area contributed by atoms with Crippen molar-refractivity contribution < 1.29 is 28.0 Å². The molecule has 0 aliphatic carbocycles. The summed E-state index contributed by atoms with van der Waals surface area (Å²) in [6.45, 7) is 4.48. The van der Waals surface area contributed by atoms with Crippen molar-refractivity contribution >= 4 is 16.0 Å². The van der Waals surface area contributed by atoms with Gasteiger partial charge in [0.2, 0.25) is 5.91 Å². The van der Waals surface area contributed by atoms with E-state index in [4.69, 9.17) is 0 Å². The van der Waals surface area contributed by atoms with E-state index in [0.717, 1.165) is 51.4 Å². The van der Waals surface area contributed by atoms with E-state index in [1.54, 1.807) is 0 Å². The molecule has 0 fully saturated rings. The van der Waals surface area contributed by atoms with Gasteiger partial charge in [0.05, 0.1) is 17.9 Å². The molecule has 0 saturated heterocycles. The number of unbranched alkanes of at least 4 members (excludes halogenated alkanes) is 25. The number of aliphatic hydroxyl groups is 2. The highest BCUT2D eigenvalue weighted by molar-refractivity contribution is 7.85. The van der Waals surface area contributed by atoms with Crippen LogP contribution in [0.15, 0.2) is 0 Å². The summed E-state index contributed by atoms with van der Waals surface area (Å²) < 4.78 is 32.4. The van der Waals surface area contributed by atoms with E-state index in [2.05, 4.69) is 19.2 Å². The molecule has 1 amide bonds. The second-order valence-electron chi connectivity index (χ2n) is 13.4. The third-order valence-corrected chi connectivity index (χ3v) is 9.70. The fraction of sp³-hybridized carbons (Fsp3) is 0.972. The molecule has 0 radical (unpaired) electrons. The number of carbonyl (C=O) groups is 1. The number of amides is 1. The van der Waals surface area contributed by atoms with Gasteiger partial charge in [0.15, 0.2) is 0 Å². The first-order chi connectivity index (χ1) is 21.2. The Balaban J connectivity index is 3.98. The standard InChI is InChI=1S/C36H73NO6S/c1-3-5-7-9-11-13-15-16-17-18-19-20-21-23-24-26-28-30-34(38)33(32-44(41,42)43)37-36(40)35(39)31-29-27-25-22-14-12-10-8-6-4-2/h33-35,38-39H,3-32H2,1-2H3,(H,37,40)(H,41,42,43). The molecule has 0 saturated carbocycles. The van der Waals surface area contributed by atoms with Crippen molar-refractivity contribution in [3.63, 3.8) is 0 Å².